The fourth-order valence-corrected chi connectivity index (χ4v) is 4.83. The largest absolute Gasteiger partial charge is 0.493 e. The van der Waals surface area contributed by atoms with Crippen molar-refractivity contribution in [2.45, 2.75) is 25.8 Å². The molecule has 0 aliphatic carbocycles. The first-order valence-electron chi connectivity index (χ1n) is 10.5. The number of Topliss-reactive ketones (excluding diaryl/α,β-unsaturated/α-hetero) is 1. The summed E-state index contributed by atoms with van der Waals surface area (Å²) in [6.45, 7) is 1.38. The van der Waals surface area contributed by atoms with Crippen LogP contribution in [0.3, 0.4) is 0 Å². The summed E-state index contributed by atoms with van der Waals surface area (Å²) >= 11 is 0. The van der Waals surface area contributed by atoms with Crippen molar-refractivity contribution in [3.05, 3.63) is 46.5 Å². The van der Waals surface area contributed by atoms with Gasteiger partial charge in [-0.25, -0.2) is 0 Å². The van der Waals surface area contributed by atoms with Gasteiger partial charge in [-0.1, -0.05) is 6.07 Å². The van der Waals surface area contributed by atoms with Crippen LogP contribution in [0.1, 0.15) is 41.6 Å². The second kappa shape index (κ2) is 9.20. The normalized spacial score (nSPS) is 18.6. The van der Waals surface area contributed by atoms with E-state index in [0.717, 1.165) is 45.8 Å². The van der Waals surface area contributed by atoms with Gasteiger partial charge >= 0.3 is 0 Å². The molecule has 2 atom stereocenters. The van der Waals surface area contributed by atoms with Crippen molar-refractivity contribution in [1.82, 2.24) is 0 Å². The molecule has 32 heavy (non-hydrogen) atoms. The lowest BCUT2D eigenvalue weighted by molar-refractivity contribution is -0.861. The zero-order chi connectivity index (χ0) is 22.8. The number of carbonyl (C=O) groups is 1. The van der Waals surface area contributed by atoms with Gasteiger partial charge in [0.05, 0.1) is 32.7 Å². The Kier molecular flexibility index (Phi) is 6.36. The molecule has 2 aliphatic heterocycles. The predicted molar refractivity (Wildman–Crippen MR) is 117 cm³/mol. The number of benzene rings is 2. The first kappa shape index (κ1) is 22.1. The summed E-state index contributed by atoms with van der Waals surface area (Å²) in [4.78, 5) is 13.4. The Bertz CT molecular complexity index is 1060. The average Bonchev–Trinajstić information content (AvgIpc) is 2.78. The van der Waals surface area contributed by atoms with E-state index in [1.54, 1.807) is 21.1 Å². The Morgan fingerprint density at radius 3 is 2.41 bits per heavy atom. The van der Waals surface area contributed by atoms with Gasteiger partial charge in [-0.05, 0) is 36.2 Å². The van der Waals surface area contributed by atoms with Gasteiger partial charge in [-0.3, -0.25) is 9.69 Å². The number of quaternary nitrogens is 1. The molecule has 2 aromatic rings. The second-order valence-corrected chi connectivity index (χ2v) is 7.85. The third-order valence-electron chi connectivity index (χ3n) is 6.09. The smallest absolute Gasteiger partial charge is 0.186 e. The van der Waals surface area contributed by atoms with Gasteiger partial charge in [0.1, 0.15) is 17.5 Å². The van der Waals surface area contributed by atoms with E-state index in [9.17, 15) is 15.0 Å². The van der Waals surface area contributed by atoms with Crippen LogP contribution < -0.4 is 23.8 Å². The molecule has 4 rings (SSSR count). The standard InChI is InChI=1S/C24H27NO7/c1-14(28)8-19-23-16(4-5-20(29-2)24(23)30-3)9-18-17-11-22(32-13-27)21(31-12-26)10-15(17)6-7-25(18)19/h4-5,9-11,19,26-27H,6-8,12-13H2,1-3H3/p+1. The molecule has 2 heterocycles. The molecule has 0 spiro atoms. The zero-order valence-electron chi connectivity index (χ0n) is 18.4. The third-order valence-corrected chi connectivity index (χ3v) is 6.09. The monoisotopic (exact) mass is 442 g/mol. The van der Waals surface area contributed by atoms with E-state index in [-0.39, 0.29) is 11.8 Å². The first-order chi connectivity index (χ1) is 15.5. The highest BCUT2D eigenvalue weighted by atomic mass is 16.6. The molecule has 170 valence electrons. The molecule has 0 aromatic heterocycles. The van der Waals surface area contributed by atoms with Crippen LogP contribution in [0.2, 0.25) is 0 Å². The predicted octanol–water partition coefficient (Wildman–Crippen LogP) is 1.33. The average molecular weight is 442 g/mol. The lowest BCUT2D eigenvalue weighted by Gasteiger charge is -2.38. The maximum Gasteiger partial charge on any atom is 0.186 e. The number of ether oxygens (including phenoxy) is 4. The van der Waals surface area contributed by atoms with E-state index < -0.39 is 13.6 Å². The molecule has 0 amide bonds. The summed E-state index contributed by atoms with van der Waals surface area (Å²) in [5, 5.41) is 18.5. The molecule has 0 fully saturated rings. The van der Waals surface area contributed by atoms with Crippen molar-refractivity contribution >= 4 is 17.6 Å². The molecule has 0 saturated heterocycles. The van der Waals surface area contributed by atoms with Gasteiger partial charge in [-0.15, -0.1) is 0 Å². The number of hydrogen-bond acceptors (Lipinski definition) is 7. The van der Waals surface area contributed by atoms with E-state index >= 15 is 0 Å². The van der Waals surface area contributed by atoms with E-state index in [1.807, 2.05) is 24.3 Å². The summed E-state index contributed by atoms with van der Waals surface area (Å²) in [6, 6.07) is 7.40. The van der Waals surface area contributed by atoms with Crippen molar-refractivity contribution in [3.8, 4) is 23.0 Å². The maximum atomic E-state index is 12.3. The first-order valence-corrected chi connectivity index (χ1v) is 10.5. The van der Waals surface area contributed by atoms with Gasteiger partial charge in [0.2, 0.25) is 0 Å². The molecular weight excluding hydrogens is 414 g/mol. The minimum Gasteiger partial charge on any atom is -0.493 e. The van der Waals surface area contributed by atoms with Crippen LogP contribution in [0.15, 0.2) is 24.3 Å². The van der Waals surface area contributed by atoms with E-state index in [1.165, 1.54) is 0 Å². The Morgan fingerprint density at radius 1 is 1.06 bits per heavy atom. The minimum atomic E-state index is -0.511. The molecule has 2 aromatic carbocycles. The van der Waals surface area contributed by atoms with Gasteiger partial charge in [0.15, 0.2) is 36.6 Å². The van der Waals surface area contributed by atoms with Gasteiger partial charge in [-0.2, -0.15) is 0 Å². The summed E-state index contributed by atoms with van der Waals surface area (Å²) in [5.41, 5.74) is 5.00. The van der Waals surface area contributed by atoms with E-state index in [4.69, 9.17) is 18.9 Å². The Labute approximate surface area is 186 Å². The highest BCUT2D eigenvalue weighted by Crippen LogP contribution is 2.43. The summed E-state index contributed by atoms with van der Waals surface area (Å²) in [5.74, 6) is 2.12. The van der Waals surface area contributed by atoms with Crippen LogP contribution in [0.5, 0.6) is 23.0 Å². The van der Waals surface area contributed by atoms with Crippen LogP contribution in [0.4, 0.5) is 0 Å². The number of ketones is 1. The number of methoxy groups -OCH3 is 2. The van der Waals surface area contributed by atoms with Gasteiger partial charge in [0, 0.05) is 18.1 Å². The zero-order valence-corrected chi connectivity index (χ0v) is 18.4. The fraction of sp³-hybridized carbons (Fsp3) is 0.375. The lowest BCUT2D eigenvalue weighted by atomic mass is 9.84. The van der Waals surface area contributed by atoms with Crippen molar-refractivity contribution in [3.63, 3.8) is 0 Å². The number of nitrogens with one attached hydrogen (secondary N) is 1. The molecule has 3 N–H and O–H groups in total. The fourth-order valence-electron chi connectivity index (χ4n) is 4.83. The van der Waals surface area contributed by atoms with Gasteiger partial charge in [0.25, 0.3) is 0 Å². The van der Waals surface area contributed by atoms with E-state index in [2.05, 4.69) is 6.08 Å². The number of aliphatic hydroxyl groups excluding tert-OH is 2. The van der Waals surface area contributed by atoms with Crippen LogP contribution in [-0.2, 0) is 11.2 Å². The molecule has 8 nitrogen and oxygen atoms in total. The Morgan fingerprint density at radius 2 is 1.78 bits per heavy atom. The number of fused-ring (bicyclic) bond motifs is 4. The van der Waals surface area contributed by atoms with Gasteiger partial charge < -0.3 is 29.2 Å². The highest BCUT2D eigenvalue weighted by Gasteiger charge is 2.41. The number of hydrogen-bond donors (Lipinski definition) is 3. The lowest BCUT2D eigenvalue weighted by Crippen LogP contribution is -3.11. The summed E-state index contributed by atoms with van der Waals surface area (Å²) in [6.07, 6.45) is 3.22. The Hall–Kier alpha value is -3.07. The molecule has 2 unspecified atom stereocenters. The molecule has 2 aliphatic rings. The van der Waals surface area contributed by atoms with Crippen LogP contribution in [-0.4, -0.2) is 50.3 Å². The quantitative estimate of drug-likeness (QED) is 0.531. The SMILES string of the molecule is COc1ccc2c(c1OC)C(CC(C)=O)[NH+]1CCc3cc(OCO)c(OCO)cc3C1=C2. The second-order valence-electron chi connectivity index (χ2n) is 7.85. The van der Waals surface area contributed by atoms with Crippen molar-refractivity contribution in [1.29, 1.82) is 0 Å². The molecule has 0 saturated carbocycles. The van der Waals surface area contributed by atoms with Crippen molar-refractivity contribution in [2.75, 3.05) is 34.4 Å². The molecule has 8 heteroatoms. The van der Waals surface area contributed by atoms with E-state index in [0.29, 0.717) is 29.4 Å². The maximum absolute atomic E-state index is 12.3. The minimum absolute atomic E-state index is 0.0985. The van der Waals surface area contributed by atoms with Crippen LogP contribution in [0.25, 0.3) is 11.8 Å². The molecule has 0 bridgehead atoms. The third kappa shape index (κ3) is 3.81. The summed E-state index contributed by atoms with van der Waals surface area (Å²) < 4.78 is 21.9. The van der Waals surface area contributed by atoms with Crippen molar-refractivity contribution in [2.24, 2.45) is 0 Å². The van der Waals surface area contributed by atoms with Crippen LogP contribution >= 0.6 is 0 Å². The topological polar surface area (TPSA) is 98.9 Å². The molecule has 0 radical (unpaired) electrons. The highest BCUT2D eigenvalue weighted by molar-refractivity contribution is 5.85. The Balaban J connectivity index is 1.91. The van der Waals surface area contributed by atoms with Crippen molar-refractivity contribution < 1.29 is 38.9 Å². The van der Waals surface area contributed by atoms with Crippen LogP contribution in [0, 0.1) is 0 Å². The number of aliphatic hydroxyl groups is 2. The molecular formula is C24H28NO7+. The number of rotatable bonds is 8. The number of carbonyl (C=O) groups excluding carboxylic acids is 1. The summed E-state index contributed by atoms with van der Waals surface area (Å²) in [7, 11) is 3.22.